The maximum Gasteiger partial charge on any atom is 0.329 e. The van der Waals surface area contributed by atoms with Crippen molar-refractivity contribution in [3.8, 4) is 11.5 Å². The van der Waals surface area contributed by atoms with Crippen molar-refractivity contribution in [2.45, 2.75) is 20.0 Å². The Labute approximate surface area is 162 Å². The van der Waals surface area contributed by atoms with Crippen molar-refractivity contribution in [1.29, 1.82) is 0 Å². The largest absolute Gasteiger partial charge is 0.493 e. The number of carbonyl (C=O) groups excluding carboxylic acids is 2. The van der Waals surface area contributed by atoms with Crippen LogP contribution in [0.2, 0.25) is 0 Å². The van der Waals surface area contributed by atoms with Gasteiger partial charge >= 0.3 is 6.03 Å². The Hall–Kier alpha value is -3.35. The van der Waals surface area contributed by atoms with E-state index in [9.17, 15) is 14.0 Å². The molecule has 0 bridgehead atoms. The van der Waals surface area contributed by atoms with E-state index in [0.29, 0.717) is 35.6 Å². The van der Waals surface area contributed by atoms with E-state index < -0.39 is 6.03 Å². The van der Waals surface area contributed by atoms with Gasteiger partial charge in [-0.3, -0.25) is 9.69 Å². The number of carbonyl (C=O) groups is 2. The van der Waals surface area contributed by atoms with E-state index >= 15 is 0 Å². The number of methoxy groups -OCH3 is 1. The molecule has 3 rings (SSSR count). The van der Waals surface area contributed by atoms with Crippen molar-refractivity contribution in [3.05, 3.63) is 65.1 Å². The van der Waals surface area contributed by atoms with E-state index in [1.807, 2.05) is 6.92 Å². The van der Waals surface area contributed by atoms with Crippen LogP contribution in [0.4, 0.5) is 9.18 Å². The van der Waals surface area contributed by atoms with Crippen molar-refractivity contribution < 1.29 is 23.5 Å². The number of urea groups is 1. The van der Waals surface area contributed by atoms with Crippen LogP contribution in [0.15, 0.2) is 48.2 Å². The summed E-state index contributed by atoms with van der Waals surface area (Å²) in [7, 11) is 1.49. The third-order valence-electron chi connectivity index (χ3n) is 4.25. The third-order valence-corrected chi connectivity index (χ3v) is 4.25. The highest BCUT2D eigenvalue weighted by molar-refractivity contribution is 6.13. The van der Waals surface area contributed by atoms with Crippen LogP contribution in [-0.4, -0.2) is 30.5 Å². The molecule has 1 saturated heterocycles. The number of hydrogen-bond donors (Lipinski definition) is 1. The lowest BCUT2D eigenvalue weighted by atomic mass is 10.1. The van der Waals surface area contributed by atoms with Gasteiger partial charge in [0.1, 0.15) is 18.1 Å². The fourth-order valence-corrected chi connectivity index (χ4v) is 2.83. The van der Waals surface area contributed by atoms with Crippen LogP contribution in [-0.2, 0) is 11.4 Å². The van der Waals surface area contributed by atoms with Gasteiger partial charge in [0.25, 0.3) is 5.91 Å². The second kappa shape index (κ2) is 8.56. The normalized spacial score (nSPS) is 15.1. The van der Waals surface area contributed by atoms with Gasteiger partial charge in [-0.15, -0.1) is 0 Å². The van der Waals surface area contributed by atoms with E-state index in [1.54, 1.807) is 42.5 Å². The molecule has 1 aliphatic heterocycles. The van der Waals surface area contributed by atoms with E-state index in [0.717, 1.165) is 0 Å². The number of halogens is 1. The van der Waals surface area contributed by atoms with Crippen LogP contribution >= 0.6 is 0 Å². The van der Waals surface area contributed by atoms with Crippen molar-refractivity contribution in [3.63, 3.8) is 0 Å². The fraction of sp³-hybridized carbons (Fsp3) is 0.238. The molecule has 28 heavy (non-hydrogen) atoms. The van der Waals surface area contributed by atoms with Crippen LogP contribution in [0.5, 0.6) is 11.5 Å². The first-order valence-corrected chi connectivity index (χ1v) is 8.92. The molecule has 1 aliphatic rings. The van der Waals surface area contributed by atoms with E-state index in [-0.39, 0.29) is 24.0 Å². The van der Waals surface area contributed by atoms with Gasteiger partial charge < -0.3 is 14.8 Å². The molecule has 0 spiro atoms. The highest BCUT2D eigenvalue weighted by Crippen LogP contribution is 2.30. The number of ether oxygens (including phenoxy) is 2. The molecule has 3 amide bonds. The molecule has 1 heterocycles. The van der Waals surface area contributed by atoms with Crippen LogP contribution in [0.25, 0.3) is 6.08 Å². The molecule has 0 radical (unpaired) electrons. The average Bonchev–Trinajstić information content (AvgIpc) is 2.95. The first-order chi connectivity index (χ1) is 13.5. The third kappa shape index (κ3) is 4.14. The standard InChI is InChI=1S/C21H21FN2O4/c1-3-10-24-20(25)17(23-21(24)26)11-14-8-9-18(19(12-14)27-2)28-13-15-6-4-5-7-16(15)22/h4-9,11-12H,3,10,13H2,1-2H3,(H,23,26)/b17-11+. The summed E-state index contributed by atoms with van der Waals surface area (Å²) < 4.78 is 24.8. The first kappa shape index (κ1) is 19.4. The molecule has 2 aromatic rings. The molecule has 2 aromatic carbocycles. The van der Waals surface area contributed by atoms with Gasteiger partial charge in [0.15, 0.2) is 11.5 Å². The minimum atomic E-state index is -0.421. The Bertz CT molecular complexity index is 926. The van der Waals surface area contributed by atoms with Crippen LogP contribution in [0.1, 0.15) is 24.5 Å². The summed E-state index contributed by atoms with van der Waals surface area (Å²) in [6.45, 7) is 2.32. The predicted octanol–water partition coefficient (Wildman–Crippen LogP) is 3.72. The zero-order valence-corrected chi connectivity index (χ0v) is 15.7. The van der Waals surface area contributed by atoms with Gasteiger partial charge in [-0.1, -0.05) is 31.2 Å². The van der Waals surface area contributed by atoms with Crippen molar-refractivity contribution >= 4 is 18.0 Å². The molecular formula is C21H21FN2O4. The lowest BCUT2D eigenvalue weighted by Gasteiger charge is -2.12. The second-order valence-corrected chi connectivity index (χ2v) is 6.24. The minimum Gasteiger partial charge on any atom is -0.493 e. The molecule has 1 N–H and O–H groups in total. The molecule has 146 valence electrons. The van der Waals surface area contributed by atoms with E-state index in [4.69, 9.17) is 9.47 Å². The Balaban J connectivity index is 1.77. The van der Waals surface area contributed by atoms with Gasteiger partial charge in [-0.2, -0.15) is 0 Å². The molecular weight excluding hydrogens is 363 g/mol. The number of benzene rings is 2. The van der Waals surface area contributed by atoms with Gasteiger partial charge in [-0.05, 0) is 36.3 Å². The van der Waals surface area contributed by atoms with Gasteiger partial charge in [0.05, 0.1) is 7.11 Å². The lowest BCUT2D eigenvalue weighted by molar-refractivity contribution is -0.122. The summed E-state index contributed by atoms with van der Waals surface area (Å²) in [4.78, 5) is 25.4. The topological polar surface area (TPSA) is 67.9 Å². The fourth-order valence-electron chi connectivity index (χ4n) is 2.83. The number of hydrogen-bond acceptors (Lipinski definition) is 4. The number of rotatable bonds is 7. The number of nitrogens with zero attached hydrogens (tertiary/aromatic N) is 1. The number of nitrogens with one attached hydrogen (secondary N) is 1. The number of imide groups is 1. The maximum absolute atomic E-state index is 13.7. The van der Waals surface area contributed by atoms with Gasteiger partial charge in [0.2, 0.25) is 0 Å². The van der Waals surface area contributed by atoms with Crippen LogP contribution < -0.4 is 14.8 Å². The smallest absolute Gasteiger partial charge is 0.329 e. The quantitative estimate of drug-likeness (QED) is 0.584. The van der Waals surface area contributed by atoms with Crippen LogP contribution in [0.3, 0.4) is 0 Å². The van der Waals surface area contributed by atoms with Crippen LogP contribution in [0, 0.1) is 5.82 Å². The molecule has 0 unspecified atom stereocenters. The lowest BCUT2D eigenvalue weighted by Crippen LogP contribution is -2.31. The Morgan fingerprint density at radius 1 is 1.14 bits per heavy atom. The van der Waals surface area contributed by atoms with E-state index in [2.05, 4.69) is 5.32 Å². The summed E-state index contributed by atoms with van der Waals surface area (Å²) >= 11 is 0. The highest BCUT2D eigenvalue weighted by atomic mass is 19.1. The molecule has 0 aliphatic carbocycles. The predicted molar refractivity (Wildman–Crippen MR) is 102 cm³/mol. The first-order valence-electron chi connectivity index (χ1n) is 8.92. The van der Waals surface area contributed by atoms with E-state index in [1.165, 1.54) is 18.1 Å². The molecule has 6 nitrogen and oxygen atoms in total. The highest BCUT2D eigenvalue weighted by Gasteiger charge is 2.32. The van der Waals surface area contributed by atoms with Gasteiger partial charge in [-0.25, -0.2) is 9.18 Å². The summed E-state index contributed by atoms with van der Waals surface area (Å²) in [5.41, 5.74) is 1.31. The molecule has 7 heteroatoms. The minimum absolute atomic E-state index is 0.0595. The zero-order chi connectivity index (χ0) is 20.1. The summed E-state index contributed by atoms with van der Waals surface area (Å²) in [6, 6.07) is 11.1. The molecule has 0 saturated carbocycles. The number of amides is 3. The Morgan fingerprint density at radius 3 is 2.64 bits per heavy atom. The Kier molecular flexibility index (Phi) is 5.93. The summed E-state index contributed by atoms with van der Waals surface area (Å²) in [6.07, 6.45) is 2.27. The Morgan fingerprint density at radius 2 is 1.93 bits per heavy atom. The summed E-state index contributed by atoms with van der Waals surface area (Å²) in [5.74, 6) is 0.191. The van der Waals surface area contributed by atoms with Crippen molar-refractivity contribution in [2.24, 2.45) is 0 Å². The van der Waals surface area contributed by atoms with Crippen molar-refractivity contribution in [1.82, 2.24) is 10.2 Å². The van der Waals surface area contributed by atoms with Crippen molar-refractivity contribution in [2.75, 3.05) is 13.7 Å². The second-order valence-electron chi connectivity index (χ2n) is 6.24. The molecule has 1 fully saturated rings. The maximum atomic E-state index is 13.7. The molecule has 0 atom stereocenters. The summed E-state index contributed by atoms with van der Waals surface area (Å²) in [5, 5.41) is 2.58. The SMILES string of the molecule is CCCN1C(=O)N/C(=C/c2ccc(OCc3ccccc3F)c(OC)c2)C1=O. The monoisotopic (exact) mass is 384 g/mol. The molecule has 0 aromatic heterocycles. The average molecular weight is 384 g/mol. The van der Waals surface area contributed by atoms with Gasteiger partial charge in [0, 0.05) is 12.1 Å². The zero-order valence-electron chi connectivity index (χ0n) is 15.7.